The molecule has 94 valence electrons. The number of hydrogen-bond donors (Lipinski definition) is 1. The molecule has 1 atom stereocenters. The molecule has 0 fully saturated rings. The maximum Gasteiger partial charge on any atom is 0.120 e. The molecule has 2 N–H and O–H groups in total. The first kappa shape index (κ1) is 12.9. The molecule has 0 bridgehead atoms. The first-order valence-corrected chi connectivity index (χ1v) is 6.23. The molecule has 18 heavy (non-hydrogen) atoms. The summed E-state index contributed by atoms with van der Waals surface area (Å²) in [7, 11) is 0. The van der Waals surface area contributed by atoms with Crippen LogP contribution in [0.15, 0.2) is 48.5 Å². The highest BCUT2D eigenvalue weighted by Crippen LogP contribution is 2.19. The van der Waals surface area contributed by atoms with Crippen LogP contribution in [0.25, 0.3) is 0 Å². The van der Waals surface area contributed by atoms with Crippen molar-refractivity contribution in [2.45, 2.75) is 13.0 Å². The molecular weight excluding hydrogens is 246 g/mol. The third kappa shape index (κ3) is 3.49. The summed E-state index contributed by atoms with van der Waals surface area (Å²) < 4.78 is 5.62. The molecule has 0 heterocycles. The van der Waals surface area contributed by atoms with Crippen molar-refractivity contribution >= 4 is 11.6 Å². The molecule has 2 aromatic carbocycles. The van der Waals surface area contributed by atoms with Crippen molar-refractivity contribution in [1.29, 1.82) is 0 Å². The number of ether oxygens (including phenoxy) is 1. The van der Waals surface area contributed by atoms with Gasteiger partial charge in [0.2, 0.25) is 0 Å². The monoisotopic (exact) mass is 261 g/mol. The van der Waals surface area contributed by atoms with E-state index in [0.717, 1.165) is 11.3 Å². The van der Waals surface area contributed by atoms with E-state index in [2.05, 4.69) is 19.1 Å². The number of aryl methyl sites for hydroxylation is 1. The normalized spacial score (nSPS) is 12.2. The van der Waals surface area contributed by atoms with Crippen molar-refractivity contribution in [2.75, 3.05) is 6.61 Å². The van der Waals surface area contributed by atoms with Crippen molar-refractivity contribution in [3.05, 3.63) is 64.7 Å². The zero-order chi connectivity index (χ0) is 13.0. The standard InChI is InChI=1S/C15H16ClNO/c1-11-5-7-12(8-6-11)15(17)10-18-14-4-2-3-13(16)9-14/h2-9,15H,10,17H2,1H3. The van der Waals surface area contributed by atoms with E-state index < -0.39 is 0 Å². The van der Waals surface area contributed by atoms with Crippen LogP contribution >= 0.6 is 11.6 Å². The van der Waals surface area contributed by atoms with Crippen molar-refractivity contribution in [3.8, 4) is 5.75 Å². The molecule has 2 rings (SSSR count). The van der Waals surface area contributed by atoms with Gasteiger partial charge in [-0.2, -0.15) is 0 Å². The largest absolute Gasteiger partial charge is 0.492 e. The average Bonchev–Trinajstić information content (AvgIpc) is 2.37. The molecule has 0 aliphatic heterocycles. The highest BCUT2D eigenvalue weighted by atomic mass is 35.5. The predicted molar refractivity (Wildman–Crippen MR) is 75.1 cm³/mol. The zero-order valence-electron chi connectivity index (χ0n) is 10.3. The Balaban J connectivity index is 1.96. The summed E-state index contributed by atoms with van der Waals surface area (Å²) in [5.41, 5.74) is 8.37. The quantitative estimate of drug-likeness (QED) is 0.910. The molecule has 0 amide bonds. The van der Waals surface area contributed by atoms with Crippen molar-refractivity contribution in [3.63, 3.8) is 0 Å². The number of hydrogen-bond acceptors (Lipinski definition) is 2. The molecule has 0 aliphatic carbocycles. The van der Waals surface area contributed by atoms with E-state index in [9.17, 15) is 0 Å². The highest BCUT2D eigenvalue weighted by Gasteiger charge is 2.06. The molecule has 0 radical (unpaired) electrons. The van der Waals surface area contributed by atoms with Crippen molar-refractivity contribution in [1.82, 2.24) is 0 Å². The summed E-state index contributed by atoms with van der Waals surface area (Å²) >= 11 is 5.88. The van der Waals surface area contributed by atoms with E-state index in [-0.39, 0.29) is 6.04 Å². The summed E-state index contributed by atoms with van der Waals surface area (Å²) in [5.74, 6) is 0.741. The summed E-state index contributed by atoms with van der Waals surface area (Å²) in [6.07, 6.45) is 0. The lowest BCUT2D eigenvalue weighted by atomic mass is 10.1. The maximum atomic E-state index is 6.07. The Hall–Kier alpha value is -1.51. The molecule has 0 aliphatic rings. The molecule has 2 aromatic rings. The Morgan fingerprint density at radius 1 is 1.17 bits per heavy atom. The van der Waals surface area contributed by atoms with Gasteiger partial charge in [-0.05, 0) is 30.7 Å². The lowest BCUT2D eigenvalue weighted by Crippen LogP contribution is -2.18. The van der Waals surface area contributed by atoms with E-state index >= 15 is 0 Å². The fraction of sp³-hybridized carbons (Fsp3) is 0.200. The summed E-state index contributed by atoms with van der Waals surface area (Å²) in [4.78, 5) is 0. The van der Waals surface area contributed by atoms with Crippen LogP contribution in [-0.2, 0) is 0 Å². The lowest BCUT2D eigenvalue weighted by molar-refractivity contribution is 0.290. The van der Waals surface area contributed by atoms with E-state index in [1.54, 1.807) is 6.07 Å². The first-order valence-electron chi connectivity index (χ1n) is 5.85. The molecule has 3 heteroatoms. The van der Waals surface area contributed by atoms with Gasteiger partial charge in [-0.15, -0.1) is 0 Å². The van der Waals surface area contributed by atoms with Crippen molar-refractivity contribution in [2.24, 2.45) is 5.73 Å². The molecule has 0 aromatic heterocycles. The molecule has 0 saturated carbocycles. The van der Waals surface area contributed by atoms with Crippen LogP contribution in [0.3, 0.4) is 0 Å². The Morgan fingerprint density at radius 3 is 2.56 bits per heavy atom. The number of halogens is 1. The number of rotatable bonds is 4. The third-order valence-corrected chi connectivity index (χ3v) is 2.97. The van der Waals surface area contributed by atoms with Crippen LogP contribution in [0, 0.1) is 6.92 Å². The third-order valence-electron chi connectivity index (χ3n) is 2.73. The topological polar surface area (TPSA) is 35.2 Å². The summed E-state index contributed by atoms with van der Waals surface area (Å²) in [6.45, 7) is 2.49. The average molecular weight is 262 g/mol. The molecule has 0 spiro atoms. The van der Waals surface area contributed by atoms with Crippen LogP contribution in [0.2, 0.25) is 5.02 Å². The molecule has 0 saturated heterocycles. The highest BCUT2D eigenvalue weighted by molar-refractivity contribution is 6.30. The Labute approximate surface area is 112 Å². The van der Waals surface area contributed by atoms with Gasteiger partial charge >= 0.3 is 0 Å². The van der Waals surface area contributed by atoms with Gasteiger partial charge in [0.1, 0.15) is 12.4 Å². The predicted octanol–water partition coefficient (Wildman–Crippen LogP) is 3.73. The van der Waals surface area contributed by atoms with Crippen molar-refractivity contribution < 1.29 is 4.74 Å². The van der Waals surface area contributed by atoms with Gasteiger partial charge in [-0.25, -0.2) is 0 Å². The Kier molecular flexibility index (Phi) is 4.24. The van der Waals surface area contributed by atoms with E-state index in [4.69, 9.17) is 22.1 Å². The minimum absolute atomic E-state index is 0.135. The fourth-order valence-corrected chi connectivity index (χ4v) is 1.83. The van der Waals surface area contributed by atoms with Crippen LogP contribution < -0.4 is 10.5 Å². The van der Waals surface area contributed by atoms with Gasteiger partial charge in [-0.3, -0.25) is 0 Å². The number of nitrogens with two attached hydrogens (primary N) is 1. The first-order chi connectivity index (χ1) is 8.65. The minimum Gasteiger partial charge on any atom is -0.492 e. The maximum absolute atomic E-state index is 6.07. The minimum atomic E-state index is -0.135. The Bertz CT molecular complexity index is 510. The second kappa shape index (κ2) is 5.89. The summed E-state index contributed by atoms with van der Waals surface area (Å²) in [6, 6.07) is 15.3. The second-order valence-electron chi connectivity index (χ2n) is 4.29. The van der Waals surface area contributed by atoms with Crippen LogP contribution in [0.4, 0.5) is 0 Å². The molecule has 2 nitrogen and oxygen atoms in total. The van der Waals surface area contributed by atoms with Crippen LogP contribution in [0.1, 0.15) is 17.2 Å². The van der Waals surface area contributed by atoms with E-state index in [1.165, 1.54) is 5.56 Å². The van der Waals surface area contributed by atoms with Gasteiger partial charge < -0.3 is 10.5 Å². The lowest BCUT2D eigenvalue weighted by Gasteiger charge is -2.14. The Morgan fingerprint density at radius 2 is 1.89 bits per heavy atom. The SMILES string of the molecule is Cc1ccc(C(N)COc2cccc(Cl)c2)cc1. The van der Waals surface area contributed by atoms with Gasteiger partial charge in [0.25, 0.3) is 0 Å². The van der Waals surface area contributed by atoms with Crippen LogP contribution in [0.5, 0.6) is 5.75 Å². The van der Waals surface area contributed by atoms with E-state index in [0.29, 0.717) is 11.6 Å². The van der Waals surface area contributed by atoms with Gasteiger partial charge in [0.15, 0.2) is 0 Å². The van der Waals surface area contributed by atoms with Crippen LogP contribution in [-0.4, -0.2) is 6.61 Å². The fourth-order valence-electron chi connectivity index (χ4n) is 1.65. The van der Waals surface area contributed by atoms with Gasteiger partial charge in [-0.1, -0.05) is 47.5 Å². The molecular formula is C15H16ClNO. The van der Waals surface area contributed by atoms with Gasteiger partial charge in [0, 0.05) is 5.02 Å². The zero-order valence-corrected chi connectivity index (χ0v) is 11.0. The second-order valence-corrected chi connectivity index (χ2v) is 4.72. The van der Waals surface area contributed by atoms with E-state index in [1.807, 2.05) is 30.3 Å². The van der Waals surface area contributed by atoms with Gasteiger partial charge in [0.05, 0.1) is 6.04 Å². The number of benzene rings is 2. The smallest absolute Gasteiger partial charge is 0.120 e. The molecule has 1 unspecified atom stereocenters. The summed E-state index contributed by atoms with van der Waals surface area (Å²) in [5, 5.41) is 0.663.